The molecule has 3 nitrogen and oxygen atoms in total. The molecule has 0 aromatic heterocycles. The van der Waals surface area contributed by atoms with E-state index in [1.165, 1.54) is 0 Å². The third-order valence-corrected chi connectivity index (χ3v) is 4.12. The van der Waals surface area contributed by atoms with Crippen molar-refractivity contribution in [3.05, 3.63) is 71.3 Å². The van der Waals surface area contributed by atoms with E-state index >= 15 is 0 Å². The molecule has 0 amide bonds. The Balaban J connectivity index is 2.15. The van der Waals surface area contributed by atoms with Crippen LogP contribution >= 0.6 is 0 Å². The fourth-order valence-corrected chi connectivity index (χ4v) is 2.48. The molecule has 1 N–H and O–H groups in total. The SMILES string of the molecule is CCC(C)N(CC#Cc1ccccc1)Cc1ccccc1C(=O)O. The first kappa shape index (κ1) is 17.8. The van der Waals surface area contributed by atoms with Crippen LogP contribution in [0.5, 0.6) is 0 Å². The molecule has 3 heteroatoms. The van der Waals surface area contributed by atoms with Gasteiger partial charge >= 0.3 is 5.97 Å². The summed E-state index contributed by atoms with van der Waals surface area (Å²) >= 11 is 0. The molecule has 0 saturated carbocycles. The van der Waals surface area contributed by atoms with Gasteiger partial charge in [0.25, 0.3) is 0 Å². The predicted molar refractivity (Wildman–Crippen MR) is 96.9 cm³/mol. The molecule has 2 aromatic rings. The van der Waals surface area contributed by atoms with Crippen molar-refractivity contribution in [2.75, 3.05) is 6.54 Å². The van der Waals surface area contributed by atoms with Crippen LogP contribution in [0.1, 0.15) is 41.8 Å². The molecule has 0 aliphatic heterocycles. The molecule has 0 heterocycles. The standard InChI is InChI=1S/C21H23NO2/c1-3-17(2)22(15-9-12-18-10-5-4-6-11-18)16-19-13-7-8-14-20(19)21(23)24/h4-8,10-11,13-14,17H,3,15-16H2,1-2H3,(H,23,24). The number of carboxylic acid groups (broad SMARTS) is 1. The highest BCUT2D eigenvalue weighted by Crippen LogP contribution is 2.15. The van der Waals surface area contributed by atoms with Gasteiger partial charge < -0.3 is 5.11 Å². The maximum absolute atomic E-state index is 11.4. The predicted octanol–water partition coefficient (Wildman–Crippen LogP) is 4.04. The molecule has 2 aromatic carbocycles. The van der Waals surface area contributed by atoms with E-state index in [1.54, 1.807) is 12.1 Å². The molecular weight excluding hydrogens is 298 g/mol. The highest BCUT2D eigenvalue weighted by molar-refractivity contribution is 5.89. The van der Waals surface area contributed by atoms with Crippen LogP contribution in [0.15, 0.2) is 54.6 Å². The van der Waals surface area contributed by atoms with Gasteiger partial charge in [0.05, 0.1) is 12.1 Å². The minimum Gasteiger partial charge on any atom is -0.478 e. The fourth-order valence-electron chi connectivity index (χ4n) is 2.48. The normalized spacial score (nSPS) is 11.6. The summed E-state index contributed by atoms with van der Waals surface area (Å²) in [4.78, 5) is 13.6. The van der Waals surface area contributed by atoms with E-state index in [-0.39, 0.29) is 0 Å². The molecule has 0 aliphatic carbocycles. The van der Waals surface area contributed by atoms with Gasteiger partial charge in [-0.2, -0.15) is 0 Å². The van der Waals surface area contributed by atoms with Crippen LogP contribution in [-0.2, 0) is 6.54 Å². The largest absolute Gasteiger partial charge is 0.478 e. The van der Waals surface area contributed by atoms with Crippen LogP contribution < -0.4 is 0 Å². The van der Waals surface area contributed by atoms with Gasteiger partial charge in [-0.05, 0) is 37.1 Å². The third-order valence-electron chi connectivity index (χ3n) is 4.12. The zero-order valence-corrected chi connectivity index (χ0v) is 14.2. The number of aromatic carboxylic acids is 1. The van der Waals surface area contributed by atoms with E-state index in [0.29, 0.717) is 24.7 Å². The van der Waals surface area contributed by atoms with Gasteiger partial charge in [-0.1, -0.05) is 55.2 Å². The van der Waals surface area contributed by atoms with Gasteiger partial charge in [-0.3, -0.25) is 4.90 Å². The zero-order chi connectivity index (χ0) is 17.4. The quantitative estimate of drug-likeness (QED) is 0.816. The Morgan fingerprint density at radius 2 is 1.79 bits per heavy atom. The molecule has 0 saturated heterocycles. The summed E-state index contributed by atoms with van der Waals surface area (Å²) in [7, 11) is 0. The van der Waals surface area contributed by atoms with E-state index in [1.807, 2.05) is 42.5 Å². The molecule has 124 valence electrons. The van der Waals surface area contributed by atoms with E-state index in [2.05, 4.69) is 30.6 Å². The zero-order valence-electron chi connectivity index (χ0n) is 14.2. The lowest BCUT2D eigenvalue weighted by Crippen LogP contribution is -2.33. The molecule has 0 spiro atoms. The summed E-state index contributed by atoms with van der Waals surface area (Å²) in [6.07, 6.45) is 0.988. The molecule has 2 rings (SSSR count). The molecule has 0 bridgehead atoms. The lowest BCUT2D eigenvalue weighted by molar-refractivity contribution is 0.0694. The topological polar surface area (TPSA) is 40.5 Å². The second kappa shape index (κ2) is 8.90. The van der Waals surface area contributed by atoms with E-state index < -0.39 is 5.97 Å². The Morgan fingerprint density at radius 3 is 2.46 bits per heavy atom. The van der Waals surface area contributed by atoms with Gasteiger partial charge in [0.15, 0.2) is 0 Å². The van der Waals surface area contributed by atoms with Crippen LogP contribution in [-0.4, -0.2) is 28.6 Å². The van der Waals surface area contributed by atoms with E-state index in [9.17, 15) is 9.90 Å². The number of rotatable bonds is 6. The second-order valence-corrected chi connectivity index (χ2v) is 5.79. The first-order valence-electron chi connectivity index (χ1n) is 8.21. The highest BCUT2D eigenvalue weighted by atomic mass is 16.4. The van der Waals surface area contributed by atoms with Crippen molar-refractivity contribution in [1.29, 1.82) is 0 Å². The maximum Gasteiger partial charge on any atom is 0.336 e. The lowest BCUT2D eigenvalue weighted by Gasteiger charge is -2.27. The monoisotopic (exact) mass is 321 g/mol. The van der Waals surface area contributed by atoms with Gasteiger partial charge in [-0.15, -0.1) is 0 Å². The maximum atomic E-state index is 11.4. The van der Waals surface area contributed by atoms with Crippen molar-refractivity contribution >= 4 is 5.97 Å². The Morgan fingerprint density at radius 1 is 1.12 bits per heavy atom. The molecule has 0 fully saturated rings. The van der Waals surface area contributed by atoms with Crippen LogP contribution in [0.4, 0.5) is 0 Å². The molecule has 1 unspecified atom stereocenters. The van der Waals surface area contributed by atoms with Crippen LogP contribution in [0.3, 0.4) is 0 Å². The molecule has 0 aliphatic rings. The van der Waals surface area contributed by atoms with Gasteiger partial charge in [-0.25, -0.2) is 4.79 Å². The van der Waals surface area contributed by atoms with Crippen molar-refractivity contribution in [1.82, 2.24) is 4.90 Å². The molecule has 0 radical (unpaired) electrons. The number of hydrogen-bond acceptors (Lipinski definition) is 2. The third kappa shape index (κ3) is 4.97. The van der Waals surface area contributed by atoms with Gasteiger partial charge in [0.1, 0.15) is 0 Å². The van der Waals surface area contributed by atoms with Crippen molar-refractivity contribution in [3.8, 4) is 11.8 Å². The summed E-state index contributed by atoms with van der Waals surface area (Å²) in [5, 5.41) is 9.35. The Labute approximate surface area is 143 Å². The number of nitrogens with zero attached hydrogens (tertiary/aromatic N) is 1. The number of carboxylic acids is 1. The first-order chi connectivity index (χ1) is 11.6. The smallest absolute Gasteiger partial charge is 0.336 e. The summed E-state index contributed by atoms with van der Waals surface area (Å²) in [6.45, 7) is 5.47. The first-order valence-corrected chi connectivity index (χ1v) is 8.21. The average molecular weight is 321 g/mol. The number of hydrogen-bond donors (Lipinski definition) is 1. The summed E-state index contributed by atoms with van der Waals surface area (Å²) < 4.78 is 0. The van der Waals surface area contributed by atoms with Crippen LogP contribution in [0.2, 0.25) is 0 Å². The second-order valence-electron chi connectivity index (χ2n) is 5.79. The van der Waals surface area contributed by atoms with E-state index in [4.69, 9.17) is 0 Å². The number of benzene rings is 2. The fraction of sp³-hybridized carbons (Fsp3) is 0.286. The van der Waals surface area contributed by atoms with Crippen molar-refractivity contribution < 1.29 is 9.90 Å². The summed E-state index contributed by atoms with van der Waals surface area (Å²) in [5.41, 5.74) is 2.18. The summed E-state index contributed by atoms with van der Waals surface area (Å²) in [5.74, 6) is 5.50. The minimum atomic E-state index is -0.884. The Hall–Kier alpha value is -2.57. The van der Waals surface area contributed by atoms with Crippen molar-refractivity contribution in [2.24, 2.45) is 0 Å². The summed E-state index contributed by atoms with van der Waals surface area (Å²) in [6, 6.07) is 17.4. The highest BCUT2D eigenvalue weighted by Gasteiger charge is 2.15. The molecular formula is C21H23NO2. The van der Waals surface area contributed by atoms with Crippen LogP contribution in [0.25, 0.3) is 0 Å². The van der Waals surface area contributed by atoms with Crippen molar-refractivity contribution in [3.63, 3.8) is 0 Å². The van der Waals surface area contributed by atoms with Gasteiger partial charge in [0, 0.05) is 18.2 Å². The minimum absolute atomic E-state index is 0.330. The lowest BCUT2D eigenvalue weighted by atomic mass is 10.1. The number of carbonyl (C=O) groups is 1. The van der Waals surface area contributed by atoms with Gasteiger partial charge in [0.2, 0.25) is 0 Å². The van der Waals surface area contributed by atoms with Crippen molar-refractivity contribution in [2.45, 2.75) is 32.9 Å². The molecule has 1 atom stereocenters. The average Bonchev–Trinajstić information content (AvgIpc) is 2.61. The Bertz CT molecular complexity index is 728. The molecule has 24 heavy (non-hydrogen) atoms. The van der Waals surface area contributed by atoms with E-state index in [0.717, 1.165) is 17.5 Å². The Kier molecular flexibility index (Phi) is 6.60. The van der Waals surface area contributed by atoms with Crippen LogP contribution in [0, 0.1) is 11.8 Å².